The van der Waals surface area contributed by atoms with E-state index in [0.29, 0.717) is 0 Å². The lowest BCUT2D eigenvalue weighted by molar-refractivity contribution is 1.09. The van der Waals surface area contributed by atoms with Crippen LogP contribution in [0.3, 0.4) is 0 Å². The minimum Gasteiger partial charge on any atom is -0.304 e. The zero-order valence-electron chi connectivity index (χ0n) is 10.3. The number of hydrogen-bond donors (Lipinski definition) is 0. The van der Waals surface area contributed by atoms with Crippen LogP contribution >= 0.6 is 11.6 Å². The molecular formula is C15H13ClN2. The van der Waals surface area contributed by atoms with Crippen LogP contribution in [0.25, 0.3) is 16.9 Å². The third-order valence-electron chi connectivity index (χ3n) is 3.15. The van der Waals surface area contributed by atoms with E-state index in [1.807, 2.05) is 31.2 Å². The molecule has 0 radical (unpaired) electrons. The highest BCUT2D eigenvalue weighted by Crippen LogP contribution is 2.24. The number of benzene rings is 1. The van der Waals surface area contributed by atoms with Crippen molar-refractivity contribution in [1.82, 2.24) is 9.38 Å². The lowest BCUT2D eigenvalue weighted by Gasteiger charge is -2.00. The average Bonchev–Trinajstić information content (AvgIpc) is 2.78. The maximum Gasteiger partial charge on any atom is 0.137 e. The molecule has 0 amide bonds. The van der Waals surface area contributed by atoms with E-state index in [1.165, 1.54) is 5.69 Å². The molecule has 2 nitrogen and oxygen atoms in total. The van der Waals surface area contributed by atoms with Crippen molar-refractivity contribution in [2.24, 2.45) is 0 Å². The Labute approximate surface area is 111 Å². The molecule has 90 valence electrons. The first kappa shape index (κ1) is 11.3. The highest BCUT2D eigenvalue weighted by atomic mass is 35.5. The summed E-state index contributed by atoms with van der Waals surface area (Å²) in [4.78, 5) is 4.63. The van der Waals surface area contributed by atoms with Gasteiger partial charge in [-0.05, 0) is 43.7 Å². The smallest absolute Gasteiger partial charge is 0.137 e. The predicted octanol–water partition coefficient (Wildman–Crippen LogP) is 4.27. The second kappa shape index (κ2) is 4.14. The molecule has 3 aromatic rings. The molecule has 0 aliphatic heterocycles. The molecule has 0 saturated carbocycles. The highest BCUT2D eigenvalue weighted by molar-refractivity contribution is 6.31. The van der Waals surface area contributed by atoms with E-state index in [0.717, 1.165) is 27.5 Å². The third-order valence-corrected chi connectivity index (χ3v) is 3.57. The summed E-state index contributed by atoms with van der Waals surface area (Å²) in [5.41, 5.74) is 5.29. The maximum absolute atomic E-state index is 6.05. The number of halogens is 1. The van der Waals surface area contributed by atoms with Crippen LogP contribution in [0.15, 0.2) is 42.6 Å². The van der Waals surface area contributed by atoms with Crippen molar-refractivity contribution in [2.75, 3.05) is 0 Å². The average molecular weight is 257 g/mol. The molecule has 0 unspecified atom stereocenters. The summed E-state index contributed by atoms with van der Waals surface area (Å²) >= 11 is 6.05. The van der Waals surface area contributed by atoms with Crippen molar-refractivity contribution in [3.8, 4) is 11.3 Å². The standard InChI is InChI=1S/C15H13ClN2/c1-10-8-12(6-7-13(10)16)14-9-18-11(2)4-3-5-15(18)17-14/h3-9H,1-2H3. The molecule has 0 aliphatic carbocycles. The molecule has 2 aromatic heterocycles. The fourth-order valence-electron chi connectivity index (χ4n) is 2.09. The summed E-state index contributed by atoms with van der Waals surface area (Å²) in [7, 11) is 0. The minimum absolute atomic E-state index is 0.790. The Morgan fingerprint density at radius 1 is 1.11 bits per heavy atom. The number of fused-ring (bicyclic) bond motifs is 1. The van der Waals surface area contributed by atoms with Crippen LogP contribution in [0.1, 0.15) is 11.3 Å². The van der Waals surface area contributed by atoms with Gasteiger partial charge < -0.3 is 4.40 Å². The molecule has 0 aliphatic rings. The van der Waals surface area contributed by atoms with Crippen LogP contribution in [-0.4, -0.2) is 9.38 Å². The normalized spacial score (nSPS) is 11.1. The fourth-order valence-corrected chi connectivity index (χ4v) is 2.21. The van der Waals surface area contributed by atoms with Crippen molar-refractivity contribution in [1.29, 1.82) is 0 Å². The topological polar surface area (TPSA) is 17.3 Å². The third kappa shape index (κ3) is 1.79. The Hall–Kier alpha value is -1.80. The van der Waals surface area contributed by atoms with Gasteiger partial charge in [0.05, 0.1) is 5.69 Å². The molecule has 2 heterocycles. The van der Waals surface area contributed by atoms with Gasteiger partial charge in [0.1, 0.15) is 5.65 Å². The molecule has 0 fully saturated rings. The Morgan fingerprint density at radius 3 is 2.67 bits per heavy atom. The molecule has 3 heteroatoms. The van der Waals surface area contributed by atoms with E-state index in [1.54, 1.807) is 0 Å². The number of aromatic nitrogens is 2. The molecule has 1 aromatic carbocycles. The number of hydrogen-bond acceptors (Lipinski definition) is 1. The van der Waals surface area contributed by atoms with E-state index in [9.17, 15) is 0 Å². The van der Waals surface area contributed by atoms with Gasteiger partial charge in [0.2, 0.25) is 0 Å². The van der Waals surface area contributed by atoms with Crippen molar-refractivity contribution in [3.05, 3.63) is 58.9 Å². The lowest BCUT2D eigenvalue weighted by Crippen LogP contribution is -1.86. The zero-order chi connectivity index (χ0) is 12.7. The molecule has 3 rings (SSSR count). The van der Waals surface area contributed by atoms with Crippen molar-refractivity contribution in [3.63, 3.8) is 0 Å². The van der Waals surface area contributed by atoms with E-state index in [-0.39, 0.29) is 0 Å². The van der Waals surface area contributed by atoms with Crippen LogP contribution < -0.4 is 0 Å². The largest absolute Gasteiger partial charge is 0.304 e. The van der Waals surface area contributed by atoms with Crippen LogP contribution in [0, 0.1) is 13.8 Å². The monoisotopic (exact) mass is 256 g/mol. The minimum atomic E-state index is 0.790. The van der Waals surface area contributed by atoms with E-state index >= 15 is 0 Å². The molecule has 0 spiro atoms. The van der Waals surface area contributed by atoms with Gasteiger partial charge in [0, 0.05) is 22.5 Å². The van der Waals surface area contributed by atoms with Gasteiger partial charge in [-0.25, -0.2) is 4.98 Å². The molecule has 0 bridgehead atoms. The molecule has 18 heavy (non-hydrogen) atoms. The Kier molecular flexibility index (Phi) is 2.60. The highest BCUT2D eigenvalue weighted by Gasteiger charge is 2.06. The first-order valence-electron chi connectivity index (χ1n) is 5.86. The van der Waals surface area contributed by atoms with Crippen LogP contribution in [0.2, 0.25) is 5.02 Å². The van der Waals surface area contributed by atoms with Crippen molar-refractivity contribution in [2.45, 2.75) is 13.8 Å². The second-order valence-electron chi connectivity index (χ2n) is 4.49. The quantitative estimate of drug-likeness (QED) is 0.636. The number of imidazole rings is 1. The van der Waals surface area contributed by atoms with Crippen LogP contribution in [0.4, 0.5) is 0 Å². The summed E-state index contributed by atoms with van der Waals surface area (Å²) in [6, 6.07) is 12.1. The van der Waals surface area contributed by atoms with Gasteiger partial charge in [0.25, 0.3) is 0 Å². The van der Waals surface area contributed by atoms with Crippen molar-refractivity contribution >= 4 is 17.2 Å². The first-order valence-corrected chi connectivity index (χ1v) is 6.24. The Bertz CT molecular complexity index is 728. The summed E-state index contributed by atoms with van der Waals surface area (Å²) in [5, 5.41) is 0.790. The number of rotatable bonds is 1. The van der Waals surface area contributed by atoms with Gasteiger partial charge in [-0.1, -0.05) is 23.7 Å². The van der Waals surface area contributed by atoms with Crippen LogP contribution in [-0.2, 0) is 0 Å². The molecule has 0 atom stereocenters. The Balaban J connectivity index is 2.19. The Morgan fingerprint density at radius 2 is 1.94 bits per heavy atom. The molecular weight excluding hydrogens is 244 g/mol. The van der Waals surface area contributed by atoms with Crippen LogP contribution in [0.5, 0.6) is 0 Å². The summed E-state index contributed by atoms with van der Waals surface area (Å²) in [6.45, 7) is 4.08. The first-order chi connectivity index (χ1) is 8.65. The van der Waals surface area contributed by atoms with E-state index in [2.05, 4.69) is 34.6 Å². The number of pyridine rings is 1. The molecule has 0 saturated heterocycles. The summed E-state index contributed by atoms with van der Waals surface area (Å²) < 4.78 is 2.10. The number of nitrogens with zero attached hydrogens (tertiary/aromatic N) is 2. The summed E-state index contributed by atoms with van der Waals surface area (Å²) in [6.07, 6.45) is 2.06. The second-order valence-corrected chi connectivity index (χ2v) is 4.89. The number of aryl methyl sites for hydroxylation is 2. The fraction of sp³-hybridized carbons (Fsp3) is 0.133. The maximum atomic E-state index is 6.05. The van der Waals surface area contributed by atoms with Gasteiger partial charge in [-0.3, -0.25) is 0 Å². The van der Waals surface area contributed by atoms with Gasteiger partial charge in [-0.2, -0.15) is 0 Å². The predicted molar refractivity (Wildman–Crippen MR) is 75.1 cm³/mol. The van der Waals surface area contributed by atoms with E-state index < -0.39 is 0 Å². The van der Waals surface area contributed by atoms with E-state index in [4.69, 9.17) is 11.6 Å². The van der Waals surface area contributed by atoms with Gasteiger partial charge in [0.15, 0.2) is 0 Å². The van der Waals surface area contributed by atoms with Crippen molar-refractivity contribution < 1.29 is 0 Å². The summed E-state index contributed by atoms with van der Waals surface area (Å²) in [5.74, 6) is 0. The van der Waals surface area contributed by atoms with Gasteiger partial charge in [-0.15, -0.1) is 0 Å². The SMILES string of the molecule is Cc1cc(-c2cn3c(C)cccc3n2)ccc1Cl. The lowest BCUT2D eigenvalue weighted by atomic mass is 10.1. The zero-order valence-corrected chi connectivity index (χ0v) is 11.1. The molecule has 0 N–H and O–H groups in total. The van der Waals surface area contributed by atoms with Gasteiger partial charge >= 0.3 is 0 Å².